The number of phenolic OH excluding ortho intramolecular Hbond substituents is 1. The molecule has 7 heteroatoms. The van der Waals surface area contributed by atoms with Gasteiger partial charge in [-0.3, -0.25) is 19.9 Å². The molecule has 0 saturated heterocycles. The molecule has 0 aliphatic rings. The van der Waals surface area contributed by atoms with Crippen molar-refractivity contribution in [3.8, 4) is 5.75 Å². The van der Waals surface area contributed by atoms with E-state index in [0.717, 1.165) is 11.6 Å². The minimum atomic E-state index is -0.724. The van der Waals surface area contributed by atoms with Crippen LogP contribution in [0.3, 0.4) is 0 Å². The highest BCUT2D eigenvalue weighted by Gasteiger charge is 2.25. The maximum atomic E-state index is 12.5. The van der Waals surface area contributed by atoms with Gasteiger partial charge in [0.25, 0.3) is 5.91 Å². The van der Waals surface area contributed by atoms with Crippen molar-refractivity contribution < 1.29 is 14.8 Å². The van der Waals surface area contributed by atoms with Gasteiger partial charge in [-0.25, -0.2) is 0 Å². The fourth-order valence-corrected chi connectivity index (χ4v) is 2.08. The van der Waals surface area contributed by atoms with Crippen LogP contribution in [-0.2, 0) is 0 Å². The van der Waals surface area contributed by atoms with E-state index < -0.39 is 22.3 Å². The van der Waals surface area contributed by atoms with E-state index in [0.29, 0.717) is 0 Å². The Labute approximate surface area is 127 Å². The molecule has 114 valence electrons. The van der Waals surface area contributed by atoms with Crippen molar-refractivity contribution in [1.29, 1.82) is 0 Å². The molecule has 2 aromatic rings. The molecule has 0 aliphatic heterocycles. The number of carbonyl (C=O) groups is 1. The van der Waals surface area contributed by atoms with E-state index in [2.05, 4.69) is 4.98 Å². The maximum Gasteiger partial charge on any atom is 0.311 e. The second kappa shape index (κ2) is 6.21. The number of nitro groups is 1. The number of nitro benzene ring substituents is 1. The van der Waals surface area contributed by atoms with Gasteiger partial charge in [0.05, 0.1) is 16.5 Å². The van der Waals surface area contributed by atoms with Gasteiger partial charge in [-0.15, -0.1) is 0 Å². The number of carbonyl (C=O) groups excluding carboxylic acids is 1. The molecular weight excluding hydrogens is 286 g/mol. The third-order valence-corrected chi connectivity index (χ3v) is 3.53. The second-order valence-corrected chi connectivity index (χ2v) is 4.80. The highest BCUT2D eigenvalue weighted by Crippen LogP contribution is 2.31. The summed E-state index contributed by atoms with van der Waals surface area (Å²) in [5.41, 5.74) is 0.282. The van der Waals surface area contributed by atoms with Crippen LogP contribution in [0.1, 0.15) is 28.9 Å². The van der Waals surface area contributed by atoms with Crippen molar-refractivity contribution in [2.75, 3.05) is 7.05 Å². The summed E-state index contributed by atoms with van der Waals surface area (Å²) in [4.78, 5) is 27.9. The lowest BCUT2D eigenvalue weighted by molar-refractivity contribution is -0.385. The first-order valence-electron chi connectivity index (χ1n) is 6.57. The van der Waals surface area contributed by atoms with Crippen LogP contribution in [0.15, 0.2) is 42.7 Å². The molecule has 1 N–H and O–H groups in total. The zero-order chi connectivity index (χ0) is 16.3. The molecule has 1 aromatic heterocycles. The van der Waals surface area contributed by atoms with Crippen LogP contribution in [0.2, 0.25) is 0 Å². The smallest absolute Gasteiger partial charge is 0.311 e. The number of aromatic hydroxyl groups is 1. The Morgan fingerprint density at radius 3 is 2.55 bits per heavy atom. The summed E-state index contributed by atoms with van der Waals surface area (Å²) in [6.45, 7) is 1.82. The molecule has 1 atom stereocenters. The third-order valence-electron chi connectivity index (χ3n) is 3.53. The summed E-state index contributed by atoms with van der Waals surface area (Å²) in [6.07, 6.45) is 3.24. The average Bonchev–Trinajstić information content (AvgIpc) is 2.53. The van der Waals surface area contributed by atoms with Gasteiger partial charge in [0.2, 0.25) is 5.75 Å². The molecule has 0 radical (unpaired) electrons. The minimum Gasteiger partial charge on any atom is -0.502 e. The molecule has 0 saturated carbocycles. The van der Waals surface area contributed by atoms with E-state index in [-0.39, 0.29) is 11.6 Å². The number of aromatic nitrogens is 1. The lowest BCUT2D eigenvalue weighted by Gasteiger charge is -2.25. The van der Waals surface area contributed by atoms with E-state index >= 15 is 0 Å². The molecule has 0 bridgehead atoms. The fourth-order valence-electron chi connectivity index (χ4n) is 2.08. The molecule has 0 fully saturated rings. The summed E-state index contributed by atoms with van der Waals surface area (Å²) < 4.78 is 0. The lowest BCUT2D eigenvalue weighted by Crippen LogP contribution is -2.29. The van der Waals surface area contributed by atoms with E-state index in [9.17, 15) is 20.0 Å². The maximum absolute atomic E-state index is 12.5. The number of hydrogen-bond donors (Lipinski definition) is 1. The van der Waals surface area contributed by atoms with Crippen LogP contribution < -0.4 is 0 Å². The lowest BCUT2D eigenvalue weighted by atomic mass is 10.1. The van der Waals surface area contributed by atoms with Gasteiger partial charge in [-0.1, -0.05) is 6.07 Å². The van der Waals surface area contributed by atoms with Gasteiger partial charge < -0.3 is 10.0 Å². The molecule has 0 aliphatic carbocycles. The predicted molar refractivity (Wildman–Crippen MR) is 79.5 cm³/mol. The van der Waals surface area contributed by atoms with E-state index in [1.54, 1.807) is 31.6 Å². The quantitative estimate of drug-likeness (QED) is 0.691. The number of phenols is 1. The molecule has 22 heavy (non-hydrogen) atoms. The minimum absolute atomic E-state index is 0.0994. The van der Waals surface area contributed by atoms with Crippen molar-refractivity contribution in [2.45, 2.75) is 13.0 Å². The molecule has 0 spiro atoms. The van der Waals surface area contributed by atoms with E-state index in [1.165, 1.54) is 17.0 Å². The highest BCUT2D eigenvalue weighted by atomic mass is 16.6. The van der Waals surface area contributed by atoms with Crippen LogP contribution in [0.4, 0.5) is 5.69 Å². The Hall–Kier alpha value is -2.96. The van der Waals surface area contributed by atoms with Crippen molar-refractivity contribution in [3.63, 3.8) is 0 Å². The standard InChI is InChI=1S/C15H15N3O4/c1-10(11-6-8-16-9-7-11)17(2)15(20)12-4-3-5-13(14(12)19)18(21)22/h3-10,19H,1-2H3. The monoisotopic (exact) mass is 301 g/mol. The number of amides is 1. The van der Waals surface area contributed by atoms with Crippen molar-refractivity contribution in [2.24, 2.45) is 0 Å². The van der Waals surface area contributed by atoms with E-state index in [1.807, 2.05) is 6.92 Å². The van der Waals surface area contributed by atoms with Gasteiger partial charge in [0.15, 0.2) is 0 Å². The number of hydrogen-bond acceptors (Lipinski definition) is 5. The summed E-state index contributed by atoms with van der Waals surface area (Å²) in [5, 5.41) is 20.8. The number of nitrogens with zero attached hydrogens (tertiary/aromatic N) is 3. The zero-order valence-electron chi connectivity index (χ0n) is 12.1. The summed E-state index contributed by atoms with van der Waals surface area (Å²) >= 11 is 0. The number of para-hydroxylation sites is 1. The zero-order valence-corrected chi connectivity index (χ0v) is 12.1. The van der Waals surface area contributed by atoms with Crippen molar-refractivity contribution in [1.82, 2.24) is 9.88 Å². The highest BCUT2D eigenvalue weighted by molar-refractivity contribution is 5.98. The third kappa shape index (κ3) is 2.88. The van der Waals surface area contributed by atoms with Crippen LogP contribution in [0.5, 0.6) is 5.75 Å². The number of benzene rings is 1. The first kappa shape index (κ1) is 15.4. The SMILES string of the molecule is CC(c1ccncc1)N(C)C(=O)c1cccc([N+](=O)[O-])c1O. The first-order valence-corrected chi connectivity index (χ1v) is 6.57. The summed E-state index contributed by atoms with van der Waals surface area (Å²) in [6, 6.07) is 7.17. The van der Waals surface area contributed by atoms with Gasteiger partial charge in [0, 0.05) is 25.5 Å². The average molecular weight is 301 g/mol. The number of rotatable bonds is 4. The van der Waals surface area contributed by atoms with Crippen LogP contribution in [0, 0.1) is 10.1 Å². The van der Waals surface area contributed by atoms with Gasteiger partial charge >= 0.3 is 5.69 Å². The second-order valence-electron chi connectivity index (χ2n) is 4.80. The normalized spacial score (nSPS) is 11.7. The van der Waals surface area contributed by atoms with Crippen LogP contribution >= 0.6 is 0 Å². The molecule has 7 nitrogen and oxygen atoms in total. The Kier molecular flexibility index (Phi) is 4.36. The molecule has 1 unspecified atom stereocenters. The fraction of sp³-hybridized carbons (Fsp3) is 0.200. The van der Waals surface area contributed by atoms with Gasteiger partial charge in [-0.05, 0) is 30.7 Å². The summed E-state index contributed by atoms with van der Waals surface area (Å²) in [5.74, 6) is -1.11. The van der Waals surface area contributed by atoms with Gasteiger partial charge in [-0.2, -0.15) is 0 Å². The molecule has 2 rings (SSSR count). The first-order chi connectivity index (χ1) is 10.4. The topological polar surface area (TPSA) is 96.6 Å². The Bertz CT molecular complexity index is 703. The summed E-state index contributed by atoms with van der Waals surface area (Å²) in [7, 11) is 1.58. The van der Waals surface area contributed by atoms with Crippen LogP contribution in [-0.4, -0.2) is 32.9 Å². The predicted octanol–water partition coefficient (Wildman–Crippen LogP) is 2.53. The molecule has 1 aromatic carbocycles. The van der Waals surface area contributed by atoms with Crippen molar-refractivity contribution >= 4 is 11.6 Å². The molecule has 1 amide bonds. The Balaban J connectivity index is 2.32. The Morgan fingerprint density at radius 1 is 1.32 bits per heavy atom. The molecule has 1 heterocycles. The van der Waals surface area contributed by atoms with E-state index in [4.69, 9.17) is 0 Å². The van der Waals surface area contributed by atoms with Gasteiger partial charge in [0.1, 0.15) is 0 Å². The van der Waals surface area contributed by atoms with Crippen molar-refractivity contribution in [3.05, 3.63) is 64.0 Å². The molecular formula is C15H15N3O4. The number of pyridine rings is 1. The Morgan fingerprint density at radius 2 is 1.95 bits per heavy atom. The van der Waals surface area contributed by atoms with Crippen LogP contribution in [0.25, 0.3) is 0 Å². The largest absolute Gasteiger partial charge is 0.502 e.